The number of aliphatic hydroxyl groups is 1. The minimum absolute atomic E-state index is 0.0345. The number of aromatic nitrogens is 2. The molecule has 2 heterocycles. The minimum atomic E-state index is -0.394. The molecule has 1 N–H and O–H groups in total. The number of para-hydroxylation sites is 1. The Balaban J connectivity index is 1.85. The van der Waals surface area contributed by atoms with Gasteiger partial charge in [-0.15, -0.1) is 0 Å². The molecule has 3 rings (SSSR count). The second-order valence-electron chi connectivity index (χ2n) is 5.10. The van der Waals surface area contributed by atoms with E-state index >= 15 is 0 Å². The highest BCUT2D eigenvalue weighted by Gasteiger charge is 2.29. The van der Waals surface area contributed by atoms with Crippen LogP contribution >= 0.6 is 0 Å². The minimum Gasteiger partial charge on any atom is -0.394 e. The molecule has 5 nitrogen and oxygen atoms in total. The summed E-state index contributed by atoms with van der Waals surface area (Å²) in [4.78, 5) is 14.1. The van der Waals surface area contributed by atoms with Gasteiger partial charge in [-0.3, -0.25) is 4.79 Å². The molecule has 0 spiro atoms. The van der Waals surface area contributed by atoms with Crippen molar-refractivity contribution in [2.45, 2.75) is 18.9 Å². The number of rotatable bonds is 3. The van der Waals surface area contributed by atoms with Gasteiger partial charge in [0, 0.05) is 12.7 Å². The Morgan fingerprint density at radius 3 is 3.00 bits per heavy atom. The predicted molar refractivity (Wildman–Crippen MR) is 74.7 cm³/mol. The summed E-state index contributed by atoms with van der Waals surface area (Å²) in [6.07, 6.45) is 4.65. The summed E-state index contributed by atoms with van der Waals surface area (Å²) in [5.74, 6) is -0.567. The normalized spacial score (nSPS) is 18.2. The quantitative estimate of drug-likeness (QED) is 0.934. The molecule has 1 saturated heterocycles. The Bertz CT molecular complexity index is 656. The van der Waals surface area contributed by atoms with Gasteiger partial charge in [-0.05, 0) is 25.0 Å². The van der Waals surface area contributed by atoms with E-state index in [-0.39, 0.29) is 18.6 Å². The molecule has 110 valence electrons. The number of amides is 1. The zero-order valence-corrected chi connectivity index (χ0v) is 11.4. The summed E-state index contributed by atoms with van der Waals surface area (Å²) >= 11 is 0. The first-order valence-corrected chi connectivity index (χ1v) is 6.92. The maximum Gasteiger partial charge on any atom is 0.257 e. The van der Waals surface area contributed by atoms with E-state index < -0.39 is 5.82 Å². The lowest BCUT2D eigenvalue weighted by Gasteiger charge is -2.22. The summed E-state index contributed by atoms with van der Waals surface area (Å²) < 4.78 is 15.1. The Hall–Kier alpha value is -2.21. The number of hydrogen-bond donors (Lipinski definition) is 1. The molecule has 1 atom stereocenters. The van der Waals surface area contributed by atoms with Crippen LogP contribution in [-0.4, -0.2) is 44.9 Å². The van der Waals surface area contributed by atoms with Crippen molar-refractivity contribution in [2.75, 3.05) is 13.2 Å². The molecule has 0 radical (unpaired) electrons. The Morgan fingerprint density at radius 2 is 2.24 bits per heavy atom. The summed E-state index contributed by atoms with van der Waals surface area (Å²) in [7, 11) is 0. The zero-order valence-electron chi connectivity index (χ0n) is 11.4. The molecule has 2 aromatic rings. The molecule has 1 fully saturated rings. The van der Waals surface area contributed by atoms with Crippen LogP contribution < -0.4 is 0 Å². The van der Waals surface area contributed by atoms with E-state index in [2.05, 4.69) is 5.10 Å². The van der Waals surface area contributed by atoms with Gasteiger partial charge in [0.05, 0.1) is 24.4 Å². The maximum atomic E-state index is 13.7. The van der Waals surface area contributed by atoms with Crippen molar-refractivity contribution >= 4 is 5.91 Å². The Kier molecular flexibility index (Phi) is 3.70. The van der Waals surface area contributed by atoms with Crippen LogP contribution in [0.5, 0.6) is 0 Å². The molecule has 0 aliphatic carbocycles. The monoisotopic (exact) mass is 289 g/mol. The van der Waals surface area contributed by atoms with E-state index in [1.165, 1.54) is 23.1 Å². The van der Waals surface area contributed by atoms with Gasteiger partial charge in [-0.1, -0.05) is 12.1 Å². The average molecular weight is 289 g/mol. The number of carbonyl (C=O) groups excluding carboxylic acids is 1. The molecule has 6 heteroatoms. The van der Waals surface area contributed by atoms with Gasteiger partial charge in [-0.2, -0.15) is 5.10 Å². The molecule has 1 aliphatic heterocycles. The van der Waals surface area contributed by atoms with Gasteiger partial charge in [-0.25, -0.2) is 9.07 Å². The van der Waals surface area contributed by atoms with E-state index in [1.807, 2.05) is 0 Å². The van der Waals surface area contributed by atoms with E-state index in [0.717, 1.165) is 12.8 Å². The number of benzene rings is 1. The van der Waals surface area contributed by atoms with Crippen molar-refractivity contribution in [2.24, 2.45) is 0 Å². The van der Waals surface area contributed by atoms with Crippen LogP contribution in [0.15, 0.2) is 36.7 Å². The summed E-state index contributed by atoms with van der Waals surface area (Å²) in [6, 6.07) is 6.13. The lowest BCUT2D eigenvalue weighted by atomic mass is 10.2. The van der Waals surface area contributed by atoms with Crippen molar-refractivity contribution in [3.8, 4) is 5.69 Å². The molecule has 21 heavy (non-hydrogen) atoms. The third-order valence-corrected chi connectivity index (χ3v) is 3.78. The summed E-state index contributed by atoms with van der Waals surface area (Å²) in [6.45, 7) is 0.599. The molecule has 0 unspecified atom stereocenters. The molecule has 1 amide bonds. The first kappa shape index (κ1) is 13.8. The summed E-state index contributed by atoms with van der Waals surface area (Å²) in [5, 5.41) is 13.3. The number of hydrogen-bond acceptors (Lipinski definition) is 3. The molecule has 1 aliphatic rings. The Labute approximate surface area is 121 Å². The Morgan fingerprint density at radius 1 is 1.43 bits per heavy atom. The first-order valence-electron chi connectivity index (χ1n) is 6.92. The average Bonchev–Trinajstić information content (AvgIpc) is 3.16. The number of halogens is 1. The molecular weight excluding hydrogens is 273 g/mol. The SMILES string of the molecule is O=C(c1cnn(-c2ccccc2F)c1)N1CCC[C@@H]1CO. The zero-order chi connectivity index (χ0) is 14.8. The van der Waals surface area contributed by atoms with Crippen LogP contribution in [0.2, 0.25) is 0 Å². The van der Waals surface area contributed by atoms with E-state index in [4.69, 9.17) is 0 Å². The predicted octanol–water partition coefficient (Wildman–Crippen LogP) is 1.61. The van der Waals surface area contributed by atoms with E-state index in [0.29, 0.717) is 17.8 Å². The second kappa shape index (κ2) is 5.65. The standard InChI is InChI=1S/C15H16FN3O2/c16-13-5-1-2-6-14(13)19-9-11(8-17-19)15(21)18-7-3-4-12(18)10-20/h1-2,5-6,8-9,12,20H,3-4,7,10H2/t12-/m1/s1. The first-order chi connectivity index (χ1) is 10.2. The van der Waals surface area contributed by atoms with Crippen LogP contribution in [0.3, 0.4) is 0 Å². The van der Waals surface area contributed by atoms with Crippen LogP contribution in [0.4, 0.5) is 4.39 Å². The van der Waals surface area contributed by atoms with E-state index in [1.54, 1.807) is 23.1 Å². The topological polar surface area (TPSA) is 58.4 Å². The van der Waals surface area contributed by atoms with Crippen molar-refractivity contribution in [3.05, 3.63) is 48.0 Å². The number of aliphatic hydroxyl groups excluding tert-OH is 1. The van der Waals surface area contributed by atoms with Crippen LogP contribution in [0, 0.1) is 5.82 Å². The van der Waals surface area contributed by atoms with Crippen LogP contribution in [0.25, 0.3) is 5.69 Å². The fourth-order valence-corrected chi connectivity index (χ4v) is 2.66. The lowest BCUT2D eigenvalue weighted by molar-refractivity contribution is 0.0677. The molecule has 1 aromatic heterocycles. The maximum absolute atomic E-state index is 13.7. The smallest absolute Gasteiger partial charge is 0.257 e. The van der Waals surface area contributed by atoms with Crippen LogP contribution in [0.1, 0.15) is 23.2 Å². The third-order valence-electron chi connectivity index (χ3n) is 3.78. The summed E-state index contributed by atoms with van der Waals surface area (Å²) in [5.41, 5.74) is 0.704. The van der Waals surface area contributed by atoms with E-state index in [9.17, 15) is 14.3 Å². The largest absolute Gasteiger partial charge is 0.394 e. The lowest BCUT2D eigenvalue weighted by Crippen LogP contribution is -2.37. The fraction of sp³-hybridized carbons (Fsp3) is 0.333. The molecule has 0 saturated carbocycles. The number of carbonyl (C=O) groups is 1. The third kappa shape index (κ3) is 2.54. The van der Waals surface area contributed by atoms with Gasteiger partial charge in [0.1, 0.15) is 11.5 Å². The van der Waals surface area contributed by atoms with Gasteiger partial charge >= 0.3 is 0 Å². The molecule has 0 bridgehead atoms. The highest BCUT2D eigenvalue weighted by atomic mass is 19.1. The van der Waals surface area contributed by atoms with Crippen LogP contribution in [-0.2, 0) is 0 Å². The number of nitrogens with zero attached hydrogens (tertiary/aromatic N) is 3. The van der Waals surface area contributed by atoms with Gasteiger partial charge < -0.3 is 10.0 Å². The molecule has 1 aromatic carbocycles. The number of likely N-dealkylation sites (tertiary alicyclic amines) is 1. The van der Waals surface area contributed by atoms with Crippen molar-refractivity contribution in [1.82, 2.24) is 14.7 Å². The van der Waals surface area contributed by atoms with Gasteiger partial charge in [0.25, 0.3) is 5.91 Å². The fourth-order valence-electron chi connectivity index (χ4n) is 2.66. The van der Waals surface area contributed by atoms with Crippen molar-refractivity contribution in [3.63, 3.8) is 0 Å². The van der Waals surface area contributed by atoms with Crippen molar-refractivity contribution in [1.29, 1.82) is 0 Å². The molecular formula is C15H16FN3O2. The second-order valence-corrected chi connectivity index (χ2v) is 5.10. The van der Waals surface area contributed by atoms with Gasteiger partial charge in [0.2, 0.25) is 0 Å². The highest BCUT2D eigenvalue weighted by Crippen LogP contribution is 2.20. The van der Waals surface area contributed by atoms with Gasteiger partial charge in [0.15, 0.2) is 0 Å². The highest BCUT2D eigenvalue weighted by molar-refractivity contribution is 5.94. The van der Waals surface area contributed by atoms with Crippen molar-refractivity contribution < 1.29 is 14.3 Å².